The topological polar surface area (TPSA) is 67.0 Å². The van der Waals surface area contributed by atoms with Crippen LogP contribution in [0.5, 0.6) is 0 Å². The molecule has 21 heavy (non-hydrogen) atoms. The fraction of sp³-hybridized carbons (Fsp3) is 0.400. The van der Waals surface area contributed by atoms with E-state index in [0.717, 1.165) is 17.9 Å². The van der Waals surface area contributed by atoms with Crippen LogP contribution in [-0.2, 0) is 11.3 Å². The van der Waals surface area contributed by atoms with E-state index in [9.17, 15) is 5.26 Å². The van der Waals surface area contributed by atoms with E-state index < -0.39 is 0 Å². The molecule has 2 aromatic rings. The highest BCUT2D eigenvalue weighted by Crippen LogP contribution is 2.19. The Hall–Kier alpha value is -2.39. The van der Waals surface area contributed by atoms with Crippen LogP contribution in [0.15, 0.2) is 30.7 Å². The van der Waals surface area contributed by atoms with Crippen molar-refractivity contribution in [2.24, 2.45) is 0 Å². The van der Waals surface area contributed by atoms with Gasteiger partial charge in [-0.3, -0.25) is 4.68 Å². The van der Waals surface area contributed by atoms with Crippen LogP contribution in [0.25, 0.3) is 0 Å². The van der Waals surface area contributed by atoms with Gasteiger partial charge in [-0.25, -0.2) is 4.98 Å². The predicted molar refractivity (Wildman–Crippen MR) is 77.9 cm³/mol. The van der Waals surface area contributed by atoms with Gasteiger partial charge in [-0.2, -0.15) is 10.4 Å². The third-order valence-corrected chi connectivity index (χ3v) is 3.50. The molecular formula is C15H17N5O. The van der Waals surface area contributed by atoms with Gasteiger partial charge in [0.25, 0.3) is 0 Å². The molecule has 2 aromatic heterocycles. The number of nitriles is 1. The summed E-state index contributed by atoms with van der Waals surface area (Å²) < 4.78 is 7.70. The average molecular weight is 283 g/mol. The number of hydrogen-bond donors (Lipinski definition) is 0. The summed E-state index contributed by atoms with van der Waals surface area (Å²) in [6, 6.07) is 5.78. The number of hydrogen-bond acceptors (Lipinski definition) is 5. The Morgan fingerprint density at radius 1 is 1.52 bits per heavy atom. The van der Waals surface area contributed by atoms with Crippen molar-refractivity contribution in [3.63, 3.8) is 0 Å². The lowest BCUT2D eigenvalue weighted by molar-refractivity contribution is 0.0271. The second-order valence-electron chi connectivity index (χ2n) is 5.16. The van der Waals surface area contributed by atoms with Gasteiger partial charge in [0, 0.05) is 25.5 Å². The van der Waals surface area contributed by atoms with Crippen molar-refractivity contribution in [2.75, 3.05) is 24.6 Å². The number of ether oxygens (including phenoxy) is 1. The first-order valence-corrected chi connectivity index (χ1v) is 6.97. The Kier molecular flexibility index (Phi) is 3.84. The summed E-state index contributed by atoms with van der Waals surface area (Å²) in [6.45, 7) is 4.82. The van der Waals surface area contributed by atoms with Crippen molar-refractivity contribution < 1.29 is 4.74 Å². The Morgan fingerprint density at radius 2 is 2.43 bits per heavy atom. The largest absolute Gasteiger partial charge is 0.373 e. The van der Waals surface area contributed by atoms with E-state index in [-0.39, 0.29) is 6.10 Å². The Morgan fingerprint density at radius 3 is 3.19 bits per heavy atom. The number of aromatic nitrogens is 3. The van der Waals surface area contributed by atoms with Gasteiger partial charge in [0.15, 0.2) is 0 Å². The molecule has 3 heterocycles. The molecule has 0 radical (unpaired) electrons. The molecule has 0 amide bonds. The number of pyridine rings is 1. The molecular weight excluding hydrogens is 266 g/mol. The summed E-state index contributed by atoms with van der Waals surface area (Å²) in [4.78, 5) is 6.46. The van der Waals surface area contributed by atoms with E-state index in [0.29, 0.717) is 25.3 Å². The predicted octanol–water partition coefficient (Wildman–Crippen LogP) is 1.36. The summed E-state index contributed by atoms with van der Waals surface area (Å²) in [6.07, 6.45) is 5.61. The minimum absolute atomic E-state index is 0.0478. The molecule has 1 fully saturated rings. The lowest BCUT2D eigenvalue weighted by Crippen LogP contribution is -2.45. The number of morpholine rings is 1. The SMILES string of the molecule is Cc1cnn(CC2CN(c3ncccc3C#N)CCO2)c1. The lowest BCUT2D eigenvalue weighted by Gasteiger charge is -2.34. The quantitative estimate of drug-likeness (QED) is 0.851. The number of rotatable bonds is 3. The van der Waals surface area contributed by atoms with Gasteiger partial charge >= 0.3 is 0 Å². The molecule has 6 nitrogen and oxygen atoms in total. The molecule has 0 aromatic carbocycles. The monoisotopic (exact) mass is 283 g/mol. The van der Waals surface area contributed by atoms with E-state index in [1.807, 2.05) is 24.0 Å². The molecule has 0 aliphatic carbocycles. The van der Waals surface area contributed by atoms with Crippen molar-refractivity contribution in [3.8, 4) is 6.07 Å². The molecule has 0 saturated carbocycles. The van der Waals surface area contributed by atoms with E-state index in [4.69, 9.17) is 4.74 Å². The normalized spacial score (nSPS) is 18.5. The molecule has 108 valence electrons. The highest BCUT2D eigenvalue weighted by molar-refractivity contribution is 5.53. The smallest absolute Gasteiger partial charge is 0.146 e. The van der Waals surface area contributed by atoms with Crippen LogP contribution in [0.4, 0.5) is 5.82 Å². The summed E-state index contributed by atoms with van der Waals surface area (Å²) in [5, 5.41) is 13.5. The molecule has 1 saturated heterocycles. The van der Waals surface area contributed by atoms with E-state index in [2.05, 4.69) is 21.1 Å². The van der Waals surface area contributed by atoms with Crippen molar-refractivity contribution in [2.45, 2.75) is 19.6 Å². The van der Waals surface area contributed by atoms with Gasteiger partial charge in [-0.15, -0.1) is 0 Å². The highest BCUT2D eigenvalue weighted by Gasteiger charge is 2.23. The molecule has 1 aliphatic heterocycles. The van der Waals surface area contributed by atoms with Crippen LogP contribution in [0, 0.1) is 18.3 Å². The van der Waals surface area contributed by atoms with Gasteiger partial charge < -0.3 is 9.64 Å². The second kappa shape index (κ2) is 5.94. The third-order valence-electron chi connectivity index (χ3n) is 3.50. The van der Waals surface area contributed by atoms with Crippen LogP contribution >= 0.6 is 0 Å². The van der Waals surface area contributed by atoms with E-state index in [1.165, 1.54) is 0 Å². The average Bonchev–Trinajstić information content (AvgIpc) is 2.92. The van der Waals surface area contributed by atoms with Gasteiger partial charge in [0.05, 0.1) is 31.0 Å². The Labute approximate surface area is 123 Å². The minimum atomic E-state index is 0.0478. The van der Waals surface area contributed by atoms with Gasteiger partial charge in [-0.05, 0) is 24.6 Å². The lowest BCUT2D eigenvalue weighted by atomic mass is 10.2. The van der Waals surface area contributed by atoms with E-state index >= 15 is 0 Å². The van der Waals surface area contributed by atoms with Crippen molar-refractivity contribution >= 4 is 5.82 Å². The summed E-state index contributed by atoms with van der Waals surface area (Å²) in [5.74, 6) is 0.741. The molecule has 1 atom stereocenters. The molecule has 6 heteroatoms. The Balaban J connectivity index is 1.72. The van der Waals surface area contributed by atoms with Crippen LogP contribution in [0.2, 0.25) is 0 Å². The minimum Gasteiger partial charge on any atom is -0.373 e. The van der Waals surface area contributed by atoms with Gasteiger partial charge in [0.1, 0.15) is 11.9 Å². The number of aryl methyl sites for hydroxylation is 1. The summed E-state index contributed by atoms with van der Waals surface area (Å²) in [7, 11) is 0. The summed E-state index contributed by atoms with van der Waals surface area (Å²) >= 11 is 0. The molecule has 3 rings (SSSR count). The van der Waals surface area contributed by atoms with Crippen molar-refractivity contribution in [3.05, 3.63) is 41.9 Å². The van der Waals surface area contributed by atoms with Gasteiger partial charge in [-0.1, -0.05) is 0 Å². The van der Waals surface area contributed by atoms with E-state index in [1.54, 1.807) is 18.3 Å². The van der Waals surface area contributed by atoms with Gasteiger partial charge in [0.2, 0.25) is 0 Å². The molecule has 1 unspecified atom stereocenters. The standard InChI is InChI=1S/C15H17N5O/c1-12-8-18-20(9-12)11-14-10-19(5-6-21-14)15-13(7-16)3-2-4-17-15/h2-4,8-9,14H,5-6,10-11H2,1H3. The van der Waals surface area contributed by atoms with Crippen LogP contribution in [0.1, 0.15) is 11.1 Å². The van der Waals surface area contributed by atoms with Crippen LogP contribution < -0.4 is 4.90 Å². The molecule has 0 bridgehead atoms. The Bertz CT molecular complexity index is 660. The fourth-order valence-electron chi connectivity index (χ4n) is 2.53. The van der Waals surface area contributed by atoms with Crippen molar-refractivity contribution in [1.82, 2.24) is 14.8 Å². The highest BCUT2D eigenvalue weighted by atomic mass is 16.5. The maximum Gasteiger partial charge on any atom is 0.146 e. The molecule has 0 N–H and O–H groups in total. The maximum absolute atomic E-state index is 9.19. The zero-order valence-electron chi connectivity index (χ0n) is 11.9. The fourth-order valence-corrected chi connectivity index (χ4v) is 2.53. The van der Waals surface area contributed by atoms with Crippen LogP contribution in [0.3, 0.4) is 0 Å². The first-order chi connectivity index (χ1) is 10.3. The summed E-state index contributed by atoms with van der Waals surface area (Å²) in [5.41, 5.74) is 1.74. The first kappa shape index (κ1) is 13.6. The number of nitrogens with zero attached hydrogens (tertiary/aromatic N) is 5. The third kappa shape index (κ3) is 3.03. The maximum atomic E-state index is 9.19. The molecule has 1 aliphatic rings. The zero-order chi connectivity index (χ0) is 14.7. The second-order valence-corrected chi connectivity index (χ2v) is 5.16. The molecule has 0 spiro atoms. The zero-order valence-corrected chi connectivity index (χ0v) is 11.9. The van der Waals surface area contributed by atoms with Crippen LogP contribution in [-0.4, -0.2) is 40.6 Å². The number of anilines is 1. The first-order valence-electron chi connectivity index (χ1n) is 6.97. The van der Waals surface area contributed by atoms with Crippen molar-refractivity contribution in [1.29, 1.82) is 5.26 Å².